The van der Waals surface area contributed by atoms with Gasteiger partial charge in [-0.15, -0.1) is 0 Å². The fourth-order valence-electron chi connectivity index (χ4n) is 4.78. The van der Waals surface area contributed by atoms with Gasteiger partial charge >= 0.3 is 6.09 Å². The van der Waals surface area contributed by atoms with Crippen molar-refractivity contribution in [1.82, 2.24) is 25.3 Å². The van der Waals surface area contributed by atoms with Crippen LogP contribution < -0.4 is 20.1 Å². The lowest BCUT2D eigenvalue weighted by molar-refractivity contribution is 0.125. The number of nitrogens with one attached hydrogen (secondary N) is 2. The SMILES string of the molecule is Cc1nc(N[C@@H]2CC[C@H](NC(=O)OCc3ncco3)C2)nc2ccc(-c3ccnc4c3OCCO4)cc12. The summed E-state index contributed by atoms with van der Waals surface area (Å²) in [6.07, 6.45) is 6.67. The Hall–Kier alpha value is -4.41. The van der Waals surface area contributed by atoms with Gasteiger partial charge in [-0.2, -0.15) is 0 Å². The number of hydrogen-bond acceptors (Lipinski definition) is 10. The highest BCUT2D eigenvalue weighted by Gasteiger charge is 2.27. The average molecular weight is 503 g/mol. The van der Waals surface area contributed by atoms with E-state index in [0.717, 1.165) is 47.0 Å². The fourth-order valence-corrected chi connectivity index (χ4v) is 4.78. The van der Waals surface area contributed by atoms with Crippen molar-refractivity contribution in [1.29, 1.82) is 0 Å². The number of pyridine rings is 1. The molecule has 0 spiro atoms. The molecule has 1 fully saturated rings. The smallest absolute Gasteiger partial charge is 0.407 e. The van der Waals surface area contributed by atoms with Gasteiger partial charge in [0, 0.05) is 29.2 Å². The minimum Gasteiger partial charge on any atom is -0.484 e. The maximum Gasteiger partial charge on any atom is 0.407 e. The summed E-state index contributed by atoms with van der Waals surface area (Å²) in [4.78, 5) is 29.8. The van der Waals surface area contributed by atoms with Crippen LogP contribution in [0.1, 0.15) is 30.8 Å². The van der Waals surface area contributed by atoms with Crippen molar-refractivity contribution in [2.45, 2.75) is 44.9 Å². The van der Waals surface area contributed by atoms with Crippen LogP contribution >= 0.6 is 0 Å². The van der Waals surface area contributed by atoms with E-state index in [2.05, 4.69) is 26.7 Å². The van der Waals surface area contributed by atoms with E-state index in [0.29, 0.717) is 36.7 Å². The molecular formula is C26H26N6O5. The Morgan fingerprint density at radius 1 is 1.08 bits per heavy atom. The molecule has 0 saturated heterocycles. The van der Waals surface area contributed by atoms with E-state index in [9.17, 15) is 4.79 Å². The number of aromatic nitrogens is 4. The number of anilines is 1. The first-order chi connectivity index (χ1) is 18.1. The number of amides is 1. The molecule has 11 heteroatoms. The highest BCUT2D eigenvalue weighted by molar-refractivity contribution is 5.88. The molecule has 3 aromatic heterocycles. The Bertz CT molecular complexity index is 1430. The Balaban J connectivity index is 1.11. The van der Waals surface area contributed by atoms with Crippen molar-refractivity contribution < 1.29 is 23.4 Å². The van der Waals surface area contributed by atoms with Gasteiger partial charge in [0.15, 0.2) is 12.4 Å². The monoisotopic (exact) mass is 502 g/mol. The van der Waals surface area contributed by atoms with Gasteiger partial charge in [-0.3, -0.25) is 0 Å². The molecule has 2 aliphatic rings. The number of aryl methyl sites for hydroxylation is 1. The van der Waals surface area contributed by atoms with Crippen LogP contribution in [0, 0.1) is 6.92 Å². The maximum absolute atomic E-state index is 12.1. The van der Waals surface area contributed by atoms with Crippen LogP contribution in [-0.4, -0.2) is 51.3 Å². The van der Waals surface area contributed by atoms with Gasteiger partial charge in [0.2, 0.25) is 11.8 Å². The van der Waals surface area contributed by atoms with Crippen molar-refractivity contribution in [2.24, 2.45) is 0 Å². The zero-order valence-electron chi connectivity index (χ0n) is 20.3. The number of hydrogen-bond donors (Lipinski definition) is 2. The summed E-state index contributed by atoms with van der Waals surface area (Å²) in [6.45, 7) is 2.97. The Labute approximate surface area is 212 Å². The van der Waals surface area contributed by atoms with E-state index < -0.39 is 6.09 Å². The molecule has 0 unspecified atom stereocenters. The van der Waals surface area contributed by atoms with Gasteiger partial charge < -0.3 is 29.3 Å². The summed E-state index contributed by atoms with van der Waals surface area (Å²) in [6, 6.07) is 8.16. The van der Waals surface area contributed by atoms with Crippen LogP contribution in [0.15, 0.2) is 47.3 Å². The van der Waals surface area contributed by atoms with E-state index in [1.165, 1.54) is 12.5 Å². The minimum absolute atomic E-state index is 0.00356. The van der Waals surface area contributed by atoms with Gasteiger partial charge in [-0.25, -0.2) is 24.7 Å². The summed E-state index contributed by atoms with van der Waals surface area (Å²) < 4.78 is 21.7. The topological polar surface area (TPSA) is 134 Å². The number of carbonyl (C=O) groups excluding carboxylic acids is 1. The van der Waals surface area contributed by atoms with Crippen LogP contribution in [0.25, 0.3) is 22.0 Å². The Morgan fingerprint density at radius 3 is 2.86 bits per heavy atom. The Kier molecular flexibility index (Phi) is 6.17. The van der Waals surface area contributed by atoms with Gasteiger partial charge in [-0.1, -0.05) is 6.07 Å². The van der Waals surface area contributed by atoms with Gasteiger partial charge in [0.25, 0.3) is 5.88 Å². The van der Waals surface area contributed by atoms with Crippen molar-refractivity contribution in [2.75, 3.05) is 18.5 Å². The van der Waals surface area contributed by atoms with Crippen LogP contribution in [0.4, 0.5) is 10.7 Å². The second-order valence-corrected chi connectivity index (χ2v) is 9.05. The van der Waals surface area contributed by atoms with Crippen molar-refractivity contribution >= 4 is 22.9 Å². The summed E-state index contributed by atoms with van der Waals surface area (Å²) >= 11 is 0. The fraction of sp³-hybridized carbons (Fsp3) is 0.346. The van der Waals surface area contributed by atoms with Crippen LogP contribution in [-0.2, 0) is 11.3 Å². The molecule has 1 aliphatic heterocycles. The molecular weight excluding hydrogens is 476 g/mol. The molecule has 37 heavy (non-hydrogen) atoms. The van der Waals surface area contributed by atoms with E-state index in [-0.39, 0.29) is 18.7 Å². The normalized spacial score (nSPS) is 18.5. The number of ether oxygens (including phenoxy) is 3. The molecule has 1 aromatic carbocycles. The summed E-state index contributed by atoms with van der Waals surface area (Å²) in [5.74, 6) is 2.12. The second-order valence-electron chi connectivity index (χ2n) is 9.05. The van der Waals surface area contributed by atoms with Crippen molar-refractivity contribution in [3.8, 4) is 22.8 Å². The molecule has 1 aliphatic carbocycles. The lowest BCUT2D eigenvalue weighted by Crippen LogP contribution is -2.34. The standard InChI is InChI=1S/C26H26N6O5/c1-15-20-12-16(19-6-7-28-24-23(19)35-10-11-36-24)2-5-21(20)32-25(29-15)30-17-3-4-18(13-17)31-26(33)37-14-22-27-8-9-34-22/h2,5-9,12,17-18H,3-4,10-11,13-14H2,1H3,(H,31,33)(H,29,30,32)/t17-,18+/m1/s1. The van der Waals surface area contributed by atoms with Crippen molar-refractivity contribution in [3.05, 3.63) is 54.5 Å². The summed E-state index contributed by atoms with van der Waals surface area (Å²) in [5.41, 5.74) is 3.64. The molecule has 4 heterocycles. The molecule has 6 rings (SSSR count). The molecule has 2 N–H and O–H groups in total. The highest BCUT2D eigenvalue weighted by Crippen LogP contribution is 2.39. The third-order valence-corrected chi connectivity index (χ3v) is 6.54. The van der Waals surface area contributed by atoms with E-state index in [4.69, 9.17) is 28.6 Å². The first-order valence-electron chi connectivity index (χ1n) is 12.2. The number of fused-ring (bicyclic) bond motifs is 2. The summed E-state index contributed by atoms with van der Waals surface area (Å²) in [7, 11) is 0. The van der Waals surface area contributed by atoms with Gasteiger partial charge in [0.05, 0.1) is 17.4 Å². The van der Waals surface area contributed by atoms with Crippen LogP contribution in [0.3, 0.4) is 0 Å². The lowest BCUT2D eigenvalue weighted by Gasteiger charge is -2.20. The van der Waals surface area contributed by atoms with Crippen molar-refractivity contribution in [3.63, 3.8) is 0 Å². The predicted octanol–water partition coefficient (Wildman–Crippen LogP) is 4.02. The molecule has 1 saturated carbocycles. The van der Waals surface area contributed by atoms with Crippen LogP contribution in [0.5, 0.6) is 11.6 Å². The summed E-state index contributed by atoms with van der Waals surface area (Å²) in [5, 5.41) is 7.30. The molecule has 4 aromatic rings. The zero-order valence-corrected chi connectivity index (χ0v) is 20.3. The molecule has 0 bridgehead atoms. The number of alkyl carbamates (subject to hydrolysis) is 1. The number of benzene rings is 1. The van der Waals surface area contributed by atoms with Gasteiger partial charge in [0.1, 0.15) is 19.5 Å². The second kappa shape index (κ2) is 9.92. The Morgan fingerprint density at radius 2 is 1.97 bits per heavy atom. The molecule has 2 atom stereocenters. The van der Waals surface area contributed by atoms with E-state index in [1.54, 1.807) is 6.20 Å². The molecule has 0 radical (unpaired) electrons. The molecule has 1 amide bonds. The zero-order chi connectivity index (χ0) is 25.2. The lowest BCUT2D eigenvalue weighted by atomic mass is 10.0. The first-order valence-corrected chi connectivity index (χ1v) is 12.2. The quantitative estimate of drug-likeness (QED) is 0.398. The third kappa shape index (κ3) is 4.97. The van der Waals surface area contributed by atoms with E-state index >= 15 is 0 Å². The average Bonchev–Trinajstić information content (AvgIpc) is 3.59. The highest BCUT2D eigenvalue weighted by atomic mass is 16.6. The largest absolute Gasteiger partial charge is 0.484 e. The number of nitrogens with zero attached hydrogens (tertiary/aromatic N) is 4. The van der Waals surface area contributed by atoms with Crippen LogP contribution in [0.2, 0.25) is 0 Å². The number of oxazole rings is 1. The molecule has 11 nitrogen and oxygen atoms in total. The minimum atomic E-state index is -0.482. The van der Waals surface area contributed by atoms with E-state index in [1.807, 2.05) is 25.1 Å². The van der Waals surface area contributed by atoms with Gasteiger partial charge in [-0.05, 0) is 49.9 Å². The first kappa shape index (κ1) is 23.0. The predicted molar refractivity (Wildman–Crippen MR) is 133 cm³/mol. The number of carbonyl (C=O) groups is 1. The number of rotatable bonds is 6. The maximum atomic E-state index is 12.1. The third-order valence-electron chi connectivity index (χ3n) is 6.54. The molecule has 190 valence electrons.